The van der Waals surface area contributed by atoms with E-state index in [0.717, 1.165) is 32.4 Å². The van der Waals surface area contributed by atoms with E-state index in [1.54, 1.807) is 29.1 Å². The van der Waals surface area contributed by atoms with E-state index < -0.39 is 0 Å². The molecule has 180 valence electrons. The molecule has 1 aromatic heterocycles. The number of rotatable bonds is 7. The lowest BCUT2D eigenvalue weighted by Gasteiger charge is -2.35. The third-order valence-electron chi connectivity index (χ3n) is 5.88. The Morgan fingerprint density at radius 1 is 1.30 bits per heavy atom. The summed E-state index contributed by atoms with van der Waals surface area (Å²) in [5.41, 5.74) is 2.70. The first-order valence-corrected chi connectivity index (χ1v) is 12.0. The predicted molar refractivity (Wildman–Crippen MR) is 136 cm³/mol. The Balaban J connectivity index is 0.00000122. The van der Waals surface area contributed by atoms with Gasteiger partial charge in [-0.2, -0.15) is 5.10 Å². The summed E-state index contributed by atoms with van der Waals surface area (Å²) in [4.78, 5) is 15.5. The van der Waals surface area contributed by atoms with E-state index >= 15 is 0 Å². The molecule has 2 heterocycles. The highest BCUT2D eigenvalue weighted by Gasteiger charge is 2.27. The molecule has 1 aliphatic heterocycles. The van der Waals surface area contributed by atoms with Crippen LogP contribution in [0.2, 0.25) is 0 Å². The predicted octanol–water partition coefficient (Wildman–Crippen LogP) is 5.71. The summed E-state index contributed by atoms with van der Waals surface area (Å²) in [7, 11) is 2.14. The zero-order chi connectivity index (χ0) is 24.4. The number of amides is 1. The molecule has 1 amide bonds. The fourth-order valence-electron chi connectivity index (χ4n) is 4.29. The molecule has 3 rings (SSSR count). The number of piperidine rings is 1. The molecule has 0 bridgehead atoms. The molecular weight excluding hydrogens is 415 g/mol. The van der Waals surface area contributed by atoms with Crippen LogP contribution >= 0.6 is 0 Å². The standard InChI is InChI=1S/C24H31FN4O.C3H8/c1-5-20(24(30)27-22(6-2)17-9-8-14-28(4)16-17)21-15-26-29(23(21)7-3)19-12-10-18(25)11-13-19;1-3-2/h5,7,10-13,15,17,22H,3,6,8-9,14,16H2,1-2,4H3,(H,27,30);3H2,1-2H3/b20-5+;. The molecular formula is C27H39FN4O. The van der Waals surface area contributed by atoms with Crippen molar-refractivity contribution in [3.8, 4) is 5.69 Å². The number of allylic oxidation sites excluding steroid dienone is 1. The third kappa shape index (κ3) is 6.87. The normalized spacial score (nSPS) is 17.6. The Morgan fingerprint density at radius 3 is 2.52 bits per heavy atom. The first kappa shape index (κ1) is 26.5. The molecule has 6 heteroatoms. The molecule has 1 aromatic carbocycles. The SMILES string of the molecule is C=Cc1c(/C(=C\C)C(=O)NC(CC)C2CCCN(C)C2)cnn1-c1ccc(F)cc1.CCC. The van der Waals surface area contributed by atoms with Gasteiger partial charge in [-0.15, -0.1) is 0 Å². The van der Waals surface area contributed by atoms with Crippen LogP contribution in [0.15, 0.2) is 43.1 Å². The molecule has 33 heavy (non-hydrogen) atoms. The highest BCUT2D eigenvalue weighted by atomic mass is 19.1. The van der Waals surface area contributed by atoms with Gasteiger partial charge in [0.25, 0.3) is 5.91 Å². The lowest BCUT2D eigenvalue weighted by atomic mass is 9.89. The van der Waals surface area contributed by atoms with Crippen molar-refractivity contribution in [3.05, 3.63) is 60.2 Å². The van der Waals surface area contributed by atoms with E-state index in [1.165, 1.54) is 18.6 Å². The summed E-state index contributed by atoms with van der Waals surface area (Å²) in [5, 5.41) is 7.69. The molecule has 5 nitrogen and oxygen atoms in total. The molecule has 2 aromatic rings. The van der Waals surface area contributed by atoms with Crippen LogP contribution in [-0.4, -0.2) is 46.8 Å². The second-order valence-corrected chi connectivity index (χ2v) is 8.60. The number of aromatic nitrogens is 2. The number of carbonyl (C=O) groups is 1. The van der Waals surface area contributed by atoms with Gasteiger partial charge in [-0.05, 0) is 76.0 Å². The molecule has 0 saturated carbocycles. The second kappa shape index (κ2) is 13.1. The smallest absolute Gasteiger partial charge is 0.251 e. The van der Waals surface area contributed by atoms with E-state index in [9.17, 15) is 9.18 Å². The van der Waals surface area contributed by atoms with Gasteiger partial charge in [-0.1, -0.05) is 39.8 Å². The minimum absolute atomic E-state index is 0.0978. The maximum Gasteiger partial charge on any atom is 0.251 e. The summed E-state index contributed by atoms with van der Waals surface area (Å²) >= 11 is 0. The van der Waals surface area contributed by atoms with E-state index in [4.69, 9.17) is 0 Å². The van der Waals surface area contributed by atoms with Crippen LogP contribution in [0.3, 0.4) is 0 Å². The molecule has 0 spiro atoms. The first-order valence-electron chi connectivity index (χ1n) is 12.0. The number of benzene rings is 1. The van der Waals surface area contributed by atoms with E-state index in [1.807, 2.05) is 13.0 Å². The zero-order valence-electron chi connectivity index (χ0n) is 20.8. The number of nitrogens with zero attached hydrogens (tertiary/aromatic N) is 3. The number of nitrogens with one attached hydrogen (secondary N) is 1. The summed E-state index contributed by atoms with van der Waals surface area (Å²) in [5.74, 6) is 0.0507. The van der Waals surface area contributed by atoms with Gasteiger partial charge in [-0.25, -0.2) is 9.07 Å². The highest BCUT2D eigenvalue weighted by molar-refractivity contribution is 6.20. The summed E-state index contributed by atoms with van der Waals surface area (Å²) in [6.07, 6.45) is 9.60. The second-order valence-electron chi connectivity index (χ2n) is 8.60. The molecule has 2 unspecified atom stereocenters. The van der Waals surface area contributed by atoms with Gasteiger partial charge in [0.2, 0.25) is 0 Å². The van der Waals surface area contributed by atoms with Crippen molar-refractivity contribution in [2.45, 2.75) is 59.4 Å². The lowest BCUT2D eigenvalue weighted by Crippen LogP contribution is -2.46. The minimum atomic E-state index is -0.307. The van der Waals surface area contributed by atoms with Gasteiger partial charge in [0.05, 0.1) is 17.6 Å². The van der Waals surface area contributed by atoms with Crippen molar-refractivity contribution in [3.63, 3.8) is 0 Å². The zero-order valence-corrected chi connectivity index (χ0v) is 20.8. The van der Waals surface area contributed by atoms with Crippen LogP contribution in [0, 0.1) is 11.7 Å². The molecule has 0 aliphatic carbocycles. The number of hydrogen-bond donors (Lipinski definition) is 1. The van der Waals surface area contributed by atoms with Gasteiger partial charge in [0.15, 0.2) is 0 Å². The van der Waals surface area contributed by atoms with E-state index in [2.05, 4.69) is 49.7 Å². The molecule has 0 radical (unpaired) electrons. The van der Waals surface area contributed by atoms with Gasteiger partial charge in [0, 0.05) is 23.7 Å². The van der Waals surface area contributed by atoms with Crippen LogP contribution < -0.4 is 5.32 Å². The molecule has 1 fully saturated rings. The van der Waals surface area contributed by atoms with Gasteiger partial charge < -0.3 is 10.2 Å². The van der Waals surface area contributed by atoms with E-state index in [0.29, 0.717) is 28.4 Å². The van der Waals surface area contributed by atoms with Crippen LogP contribution in [0.1, 0.15) is 64.6 Å². The number of likely N-dealkylation sites (tertiary alicyclic amines) is 1. The Morgan fingerprint density at radius 2 is 1.97 bits per heavy atom. The minimum Gasteiger partial charge on any atom is -0.349 e. The molecule has 1 aliphatic rings. The Labute approximate surface area is 198 Å². The Bertz CT molecular complexity index is 932. The van der Waals surface area contributed by atoms with Crippen LogP contribution in [0.4, 0.5) is 4.39 Å². The van der Waals surface area contributed by atoms with Crippen LogP contribution in [-0.2, 0) is 4.79 Å². The average Bonchev–Trinajstić information content (AvgIpc) is 3.22. The molecule has 1 N–H and O–H groups in total. The van der Waals surface area contributed by atoms with Crippen LogP contribution in [0.5, 0.6) is 0 Å². The highest BCUT2D eigenvalue weighted by Crippen LogP contribution is 2.25. The Kier molecular flexibility index (Phi) is 10.5. The summed E-state index contributed by atoms with van der Waals surface area (Å²) in [6.45, 7) is 14.2. The fourth-order valence-corrected chi connectivity index (χ4v) is 4.29. The maximum atomic E-state index is 13.3. The third-order valence-corrected chi connectivity index (χ3v) is 5.88. The molecule has 1 saturated heterocycles. The lowest BCUT2D eigenvalue weighted by molar-refractivity contribution is -0.116. The van der Waals surface area contributed by atoms with Gasteiger partial charge >= 0.3 is 0 Å². The molecule has 2 atom stereocenters. The average molecular weight is 455 g/mol. The number of hydrogen-bond acceptors (Lipinski definition) is 3. The Hall–Kier alpha value is -2.73. The van der Waals surface area contributed by atoms with Crippen molar-refractivity contribution in [1.82, 2.24) is 20.0 Å². The first-order chi connectivity index (χ1) is 15.9. The van der Waals surface area contributed by atoms with Gasteiger partial charge in [0.1, 0.15) is 5.82 Å². The van der Waals surface area contributed by atoms with E-state index in [-0.39, 0.29) is 17.8 Å². The number of halogens is 1. The summed E-state index contributed by atoms with van der Waals surface area (Å²) < 4.78 is 15.0. The van der Waals surface area contributed by atoms with Crippen LogP contribution in [0.25, 0.3) is 17.3 Å². The van der Waals surface area contributed by atoms with Crippen molar-refractivity contribution >= 4 is 17.6 Å². The summed E-state index contributed by atoms with van der Waals surface area (Å²) in [6, 6.07) is 6.22. The monoisotopic (exact) mass is 454 g/mol. The quantitative estimate of drug-likeness (QED) is 0.545. The largest absolute Gasteiger partial charge is 0.349 e. The van der Waals surface area contributed by atoms with Crippen molar-refractivity contribution in [1.29, 1.82) is 0 Å². The maximum absolute atomic E-state index is 13.3. The van der Waals surface area contributed by atoms with Crippen molar-refractivity contribution in [2.75, 3.05) is 20.1 Å². The number of carbonyl (C=O) groups excluding carboxylic acids is 1. The van der Waals surface area contributed by atoms with Crippen molar-refractivity contribution in [2.24, 2.45) is 5.92 Å². The fraction of sp³-hybridized carbons (Fsp3) is 0.481. The van der Waals surface area contributed by atoms with Crippen molar-refractivity contribution < 1.29 is 9.18 Å². The topological polar surface area (TPSA) is 50.2 Å². The van der Waals surface area contributed by atoms with Gasteiger partial charge in [-0.3, -0.25) is 4.79 Å².